The van der Waals surface area contributed by atoms with E-state index in [1.807, 2.05) is 0 Å². The molecule has 2 aromatic carbocycles. The van der Waals surface area contributed by atoms with Gasteiger partial charge in [-0.3, -0.25) is 23.7 Å². The molecule has 3 heterocycles. The number of anilines is 1. The van der Waals surface area contributed by atoms with E-state index in [9.17, 15) is 32.3 Å². The summed E-state index contributed by atoms with van der Waals surface area (Å²) in [5, 5.41) is -0.618. The number of hydrogen-bond donors (Lipinski definition) is 0. The lowest BCUT2D eigenvalue weighted by atomic mass is 9.83. The zero-order valence-corrected chi connectivity index (χ0v) is 20.9. The van der Waals surface area contributed by atoms with Crippen LogP contribution >= 0.6 is 23.1 Å². The van der Waals surface area contributed by atoms with Crippen LogP contribution in [0.2, 0.25) is 0 Å². The lowest BCUT2D eigenvalue weighted by Gasteiger charge is -2.30. The summed E-state index contributed by atoms with van der Waals surface area (Å²) in [7, 11) is 0. The molecule has 192 valence electrons. The molecule has 1 saturated heterocycles. The number of carbonyl (C=O) groups excluding carboxylic acids is 3. The average Bonchev–Trinajstić information content (AvgIpc) is 3.30. The Morgan fingerprint density at radius 1 is 1.03 bits per heavy atom. The highest BCUT2D eigenvalue weighted by atomic mass is 32.2. The van der Waals surface area contributed by atoms with Crippen molar-refractivity contribution in [1.29, 1.82) is 0 Å². The smallest absolute Gasteiger partial charge is 0.416 e. The Bertz CT molecular complexity index is 1450. The van der Waals surface area contributed by atoms with E-state index in [0.717, 1.165) is 46.2 Å². The first kappa shape index (κ1) is 25.3. The summed E-state index contributed by atoms with van der Waals surface area (Å²) in [6.45, 7) is 1.41. The molecule has 0 bridgehead atoms. The van der Waals surface area contributed by atoms with Crippen molar-refractivity contribution in [2.75, 3.05) is 11.5 Å². The molecule has 37 heavy (non-hydrogen) atoms. The summed E-state index contributed by atoms with van der Waals surface area (Å²) in [4.78, 5) is 53.3. The van der Waals surface area contributed by atoms with Gasteiger partial charge in [0.25, 0.3) is 0 Å². The Hall–Kier alpha value is -3.38. The first-order valence-corrected chi connectivity index (χ1v) is 13.0. The number of imide groups is 1. The molecule has 2 amide bonds. The largest absolute Gasteiger partial charge is 0.465 e. The number of aromatic nitrogens is 1. The molecule has 5 rings (SSSR count). The highest BCUT2D eigenvalue weighted by molar-refractivity contribution is 8.00. The molecule has 3 aromatic rings. The van der Waals surface area contributed by atoms with Gasteiger partial charge >= 0.3 is 17.0 Å². The second-order valence-corrected chi connectivity index (χ2v) is 10.6. The number of alkyl halides is 3. The molecule has 0 saturated carbocycles. The van der Waals surface area contributed by atoms with Crippen LogP contribution in [0, 0.1) is 5.92 Å². The van der Waals surface area contributed by atoms with Gasteiger partial charge in [-0.15, -0.1) is 0 Å². The Morgan fingerprint density at radius 2 is 1.76 bits per heavy atom. The first-order valence-electron chi connectivity index (χ1n) is 11.3. The topological polar surface area (TPSA) is 85.7 Å². The molecule has 2 unspecified atom stereocenters. The Kier molecular flexibility index (Phi) is 6.48. The number of carbonyl (C=O) groups is 3. The minimum atomic E-state index is -4.65. The van der Waals surface area contributed by atoms with E-state index < -0.39 is 51.5 Å². The predicted octanol–water partition coefficient (Wildman–Crippen LogP) is 4.29. The average molecular weight is 549 g/mol. The number of ether oxygens (including phenoxy) is 1. The first-order chi connectivity index (χ1) is 17.6. The van der Waals surface area contributed by atoms with Gasteiger partial charge in [0.2, 0.25) is 11.8 Å². The van der Waals surface area contributed by atoms with Crippen molar-refractivity contribution in [2.24, 2.45) is 5.92 Å². The van der Waals surface area contributed by atoms with Crippen molar-refractivity contribution in [1.82, 2.24) is 4.57 Å². The molecular weight excluding hydrogens is 529 g/mol. The van der Waals surface area contributed by atoms with Crippen molar-refractivity contribution >= 4 is 46.6 Å². The van der Waals surface area contributed by atoms with E-state index in [0.29, 0.717) is 15.5 Å². The maximum Gasteiger partial charge on any atom is 0.416 e. The normalized spacial score (nSPS) is 21.1. The molecule has 12 heteroatoms. The van der Waals surface area contributed by atoms with Gasteiger partial charge < -0.3 is 4.74 Å². The molecule has 3 atom stereocenters. The van der Waals surface area contributed by atoms with Gasteiger partial charge in [0.15, 0.2) is 0 Å². The van der Waals surface area contributed by atoms with Gasteiger partial charge in [-0.25, -0.2) is 4.90 Å². The summed E-state index contributed by atoms with van der Waals surface area (Å²) in [6.07, 6.45) is -4.65. The maximum absolute atomic E-state index is 13.7. The molecule has 7 nitrogen and oxygen atoms in total. The van der Waals surface area contributed by atoms with E-state index in [4.69, 9.17) is 4.74 Å². The maximum atomic E-state index is 13.7. The predicted molar refractivity (Wildman–Crippen MR) is 131 cm³/mol. The van der Waals surface area contributed by atoms with E-state index in [1.54, 1.807) is 37.3 Å². The third-order valence-electron chi connectivity index (χ3n) is 6.23. The summed E-state index contributed by atoms with van der Waals surface area (Å²) in [6, 6.07) is 12.9. The number of halogens is 3. The number of fused-ring (bicyclic) bond motifs is 2. The van der Waals surface area contributed by atoms with Gasteiger partial charge in [0.05, 0.1) is 28.8 Å². The fraction of sp³-hybridized carbons (Fsp3) is 0.280. The van der Waals surface area contributed by atoms with Crippen molar-refractivity contribution in [3.05, 3.63) is 80.3 Å². The number of thiazole rings is 1. The van der Waals surface area contributed by atoms with Crippen molar-refractivity contribution < 1.29 is 32.3 Å². The third kappa shape index (κ3) is 4.37. The number of rotatable bonds is 5. The van der Waals surface area contributed by atoms with E-state index >= 15 is 0 Å². The minimum absolute atomic E-state index is 0.128. The molecule has 0 radical (unpaired) electrons. The lowest BCUT2D eigenvalue weighted by molar-refractivity contribution is -0.144. The number of nitrogens with zero attached hydrogens (tertiary/aromatic N) is 2. The summed E-state index contributed by atoms with van der Waals surface area (Å²) < 4.78 is 46.3. The molecular formula is C25H19F3N2O5S2. The summed E-state index contributed by atoms with van der Waals surface area (Å²) in [5.74, 6) is -3.58. The SMILES string of the molecule is CCOC(=O)Cn1c2c(sc1=O)[C@H](c1ccccc1)C1C(=O)N(c3cccc(C(F)(F)F)c3)C(=O)C1S2. The quantitative estimate of drug-likeness (QED) is 0.350. The Balaban J connectivity index is 1.62. The van der Waals surface area contributed by atoms with E-state index in [-0.39, 0.29) is 18.8 Å². The van der Waals surface area contributed by atoms with Crippen molar-refractivity contribution in [3.63, 3.8) is 0 Å². The van der Waals surface area contributed by atoms with Gasteiger partial charge in [0, 0.05) is 10.8 Å². The Labute approximate surface area is 216 Å². The lowest BCUT2D eigenvalue weighted by Crippen LogP contribution is -2.32. The van der Waals surface area contributed by atoms with Gasteiger partial charge in [-0.1, -0.05) is 59.5 Å². The van der Waals surface area contributed by atoms with Crippen molar-refractivity contribution in [2.45, 2.75) is 35.8 Å². The second-order valence-electron chi connectivity index (χ2n) is 8.44. The number of benzene rings is 2. The molecule has 0 spiro atoms. The van der Waals surface area contributed by atoms with Crippen LogP contribution in [0.25, 0.3) is 0 Å². The fourth-order valence-electron chi connectivity index (χ4n) is 4.69. The highest BCUT2D eigenvalue weighted by Crippen LogP contribution is 2.54. The number of esters is 1. The zero-order chi connectivity index (χ0) is 26.5. The number of thioether (sulfide) groups is 1. The number of hydrogen-bond acceptors (Lipinski definition) is 7. The molecule has 2 aliphatic rings. The van der Waals surface area contributed by atoms with Crippen LogP contribution < -0.4 is 9.77 Å². The van der Waals surface area contributed by atoms with E-state index in [1.165, 1.54) is 10.6 Å². The van der Waals surface area contributed by atoms with Crippen LogP contribution in [0.5, 0.6) is 0 Å². The second kappa shape index (κ2) is 9.49. The molecule has 1 fully saturated rings. The van der Waals surface area contributed by atoms with Gasteiger partial charge in [-0.2, -0.15) is 13.2 Å². The highest BCUT2D eigenvalue weighted by Gasteiger charge is 2.57. The van der Waals surface area contributed by atoms with Crippen LogP contribution in [-0.4, -0.2) is 34.2 Å². The molecule has 2 aliphatic heterocycles. The van der Waals surface area contributed by atoms with E-state index in [2.05, 4.69) is 0 Å². The van der Waals surface area contributed by atoms with Gasteiger partial charge in [-0.05, 0) is 30.7 Å². The third-order valence-corrected chi connectivity index (χ3v) is 8.84. The molecule has 1 aromatic heterocycles. The van der Waals surface area contributed by atoms with Crippen LogP contribution in [0.1, 0.15) is 28.8 Å². The monoisotopic (exact) mass is 548 g/mol. The molecule has 0 aliphatic carbocycles. The summed E-state index contributed by atoms with van der Waals surface area (Å²) >= 11 is 1.87. The van der Waals surface area contributed by atoms with Crippen LogP contribution in [0.15, 0.2) is 64.4 Å². The minimum Gasteiger partial charge on any atom is -0.465 e. The fourth-order valence-corrected chi connectivity index (χ4v) is 7.46. The standard InChI is InChI=1S/C25H19F3N2O5S2/c1-2-35-16(31)12-29-23-20(37-24(29)34)17(13-7-4-3-5-8-13)18-19(36-23)22(33)30(21(18)32)15-10-6-9-14(11-15)25(26,27)28/h3-11,17-19H,2,12H2,1H3/t17-,18?,19?/m1/s1. The summed E-state index contributed by atoms with van der Waals surface area (Å²) in [5.41, 5.74) is -0.468. The van der Waals surface area contributed by atoms with Crippen LogP contribution in [0.3, 0.4) is 0 Å². The van der Waals surface area contributed by atoms with Gasteiger partial charge in [0.1, 0.15) is 11.8 Å². The van der Waals surface area contributed by atoms with Crippen molar-refractivity contribution in [3.8, 4) is 0 Å². The Morgan fingerprint density at radius 3 is 2.43 bits per heavy atom. The molecule has 0 N–H and O–H groups in total. The number of amides is 2. The van der Waals surface area contributed by atoms with Crippen LogP contribution in [-0.2, 0) is 31.8 Å². The zero-order valence-electron chi connectivity index (χ0n) is 19.2. The van der Waals surface area contributed by atoms with Crippen LogP contribution in [0.4, 0.5) is 18.9 Å².